The molecular formula is C10H16N4O3. The van der Waals surface area contributed by atoms with Crippen LogP contribution < -0.4 is 21.3 Å². The molecule has 1 amide bonds. The molecule has 0 saturated heterocycles. The lowest BCUT2D eigenvalue weighted by Crippen LogP contribution is -2.37. The van der Waals surface area contributed by atoms with E-state index >= 15 is 0 Å². The monoisotopic (exact) mass is 240 g/mol. The number of nitrogens with two attached hydrogens (primary N) is 1. The zero-order chi connectivity index (χ0) is 13.1. The molecule has 0 atom stereocenters. The van der Waals surface area contributed by atoms with Gasteiger partial charge in [0.2, 0.25) is 11.7 Å². The van der Waals surface area contributed by atoms with Crippen molar-refractivity contribution in [3.63, 3.8) is 0 Å². The lowest BCUT2D eigenvalue weighted by Gasteiger charge is -2.25. The van der Waals surface area contributed by atoms with Crippen molar-refractivity contribution < 1.29 is 9.53 Å². The number of hydrogen-bond acceptors (Lipinski definition) is 5. The highest BCUT2D eigenvalue weighted by atomic mass is 16.5. The van der Waals surface area contributed by atoms with Crippen LogP contribution in [-0.2, 0) is 4.79 Å². The van der Waals surface area contributed by atoms with E-state index in [1.165, 1.54) is 13.4 Å². The molecule has 1 rings (SSSR count). The molecular weight excluding hydrogens is 224 g/mol. The minimum absolute atomic E-state index is 0.0741. The maximum Gasteiger partial charge on any atom is 0.295 e. The Morgan fingerprint density at radius 3 is 2.82 bits per heavy atom. The van der Waals surface area contributed by atoms with Crippen LogP contribution >= 0.6 is 0 Å². The number of nitrogens with one attached hydrogen (secondary N) is 2. The van der Waals surface area contributed by atoms with Crippen molar-refractivity contribution in [1.82, 2.24) is 9.97 Å². The third kappa shape index (κ3) is 3.47. The first-order valence-electron chi connectivity index (χ1n) is 5.04. The summed E-state index contributed by atoms with van der Waals surface area (Å²) in [7, 11) is 1.37. The van der Waals surface area contributed by atoms with Crippen LogP contribution in [0.1, 0.15) is 20.3 Å². The lowest BCUT2D eigenvalue weighted by atomic mass is 10.0. The Kier molecular flexibility index (Phi) is 3.72. The fourth-order valence-electron chi connectivity index (χ4n) is 1.47. The number of nitrogens with zero attached hydrogens (tertiary/aromatic N) is 1. The quantitative estimate of drug-likeness (QED) is 0.662. The van der Waals surface area contributed by atoms with Crippen molar-refractivity contribution in [2.75, 3.05) is 12.4 Å². The van der Waals surface area contributed by atoms with E-state index in [1.807, 2.05) is 0 Å². The second-order valence-electron chi connectivity index (χ2n) is 4.27. The zero-order valence-corrected chi connectivity index (χ0v) is 10.0. The average molecular weight is 240 g/mol. The molecule has 0 aliphatic rings. The summed E-state index contributed by atoms with van der Waals surface area (Å²) in [5.41, 5.74) is 4.13. The Hall–Kier alpha value is -2.05. The molecule has 7 heteroatoms. The maximum absolute atomic E-state index is 11.4. The molecule has 0 spiro atoms. The molecule has 0 fully saturated rings. The van der Waals surface area contributed by atoms with Gasteiger partial charge in [-0.3, -0.25) is 9.59 Å². The van der Waals surface area contributed by atoms with Crippen molar-refractivity contribution in [2.24, 2.45) is 5.73 Å². The first-order valence-corrected chi connectivity index (χ1v) is 5.04. The number of aromatic amines is 1. The summed E-state index contributed by atoms with van der Waals surface area (Å²) < 4.78 is 4.94. The second kappa shape index (κ2) is 4.86. The normalized spacial score (nSPS) is 11.0. The third-order valence-corrected chi connectivity index (χ3v) is 2.09. The molecule has 94 valence electrons. The van der Waals surface area contributed by atoms with E-state index in [1.54, 1.807) is 13.8 Å². The van der Waals surface area contributed by atoms with Crippen molar-refractivity contribution in [3.05, 3.63) is 16.7 Å². The highest BCUT2D eigenvalue weighted by Gasteiger charge is 2.23. The molecule has 0 bridgehead atoms. The van der Waals surface area contributed by atoms with E-state index in [2.05, 4.69) is 15.3 Å². The van der Waals surface area contributed by atoms with Gasteiger partial charge in [-0.25, -0.2) is 4.98 Å². The van der Waals surface area contributed by atoms with Gasteiger partial charge in [-0.1, -0.05) is 0 Å². The number of anilines is 1. The highest BCUT2D eigenvalue weighted by molar-refractivity contribution is 5.75. The molecule has 0 saturated carbocycles. The van der Waals surface area contributed by atoms with Gasteiger partial charge >= 0.3 is 0 Å². The van der Waals surface area contributed by atoms with Crippen LogP contribution in [0.5, 0.6) is 5.75 Å². The van der Waals surface area contributed by atoms with Gasteiger partial charge in [0.25, 0.3) is 5.56 Å². The number of methoxy groups -OCH3 is 1. The molecule has 17 heavy (non-hydrogen) atoms. The maximum atomic E-state index is 11.4. The minimum atomic E-state index is -0.611. The largest absolute Gasteiger partial charge is 0.489 e. The van der Waals surface area contributed by atoms with Crippen molar-refractivity contribution >= 4 is 11.7 Å². The molecule has 1 heterocycles. The van der Waals surface area contributed by atoms with Crippen LogP contribution in [0.4, 0.5) is 5.82 Å². The van der Waals surface area contributed by atoms with Gasteiger partial charge in [0.1, 0.15) is 0 Å². The molecule has 4 N–H and O–H groups in total. The number of primary amides is 1. The van der Waals surface area contributed by atoms with E-state index in [-0.39, 0.29) is 23.5 Å². The van der Waals surface area contributed by atoms with E-state index in [0.717, 1.165) is 0 Å². The summed E-state index contributed by atoms with van der Waals surface area (Å²) in [6.45, 7) is 3.56. The molecule has 1 aromatic rings. The number of carbonyl (C=O) groups excluding carboxylic acids is 1. The Labute approximate surface area is 98.4 Å². The van der Waals surface area contributed by atoms with Crippen LogP contribution in [0.3, 0.4) is 0 Å². The summed E-state index contributed by atoms with van der Waals surface area (Å²) in [5, 5.41) is 2.95. The van der Waals surface area contributed by atoms with Gasteiger partial charge in [0.05, 0.1) is 13.4 Å². The lowest BCUT2D eigenvalue weighted by molar-refractivity contribution is -0.118. The summed E-state index contributed by atoms with van der Waals surface area (Å²) in [6.07, 6.45) is 1.37. The molecule has 0 aliphatic heterocycles. The molecule has 1 aromatic heterocycles. The van der Waals surface area contributed by atoms with Crippen LogP contribution in [0, 0.1) is 0 Å². The Bertz CT molecular complexity index is 467. The van der Waals surface area contributed by atoms with E-state index in [0.29, 0.717) is 0 Å². The van der Waals surface area contributed by atoms with Gasteiger partial charge in [-0.05, 0) is 13.8 Å². The van der Waals surface area contributed by atoms with Crippen LogP contribution in [0.15, 0.2) is 11.1 Å². The number of carbonyl (C=O) groups is 1. The van der Waals surface area contributed by atoms with Crippen LogP contribution in [0.25, 0.3) is 0 Å². The average Bonchev–Trinajstić information content (AvgIpc) is 2.14. The first kappa shape index (κ1) is 13.0. The summed E-state index contributed by atoms with van der Waals surface area (Å²) in [5.74, 6) is -0.0844. The van der Waals surface area contributed by atoms with Gasteiger partial charge in [0.15, 0.2) is 5.82 Å². The first-order chi connectivity index (χ1) is 7.85. The number of rotatable bonds is 5. The highest BCUT2D eigenvalue weighted by Crippen LogP contribution is 2.21. The standard InChI is InChI=1S/C10H16N4O3/c1-10(2,4-6(11)15)14-8-7(17-3)9(16)13-5-12-8/h5H,4H2,1-3H3,(H2,11,15)(H2,12,13,14,16). The molecule has 0 unspecified atom stereocenters. The SMILES string of the molecule is COc1c(NC(C)(C)CC(N)=O)nc[nH]c1=O. The Morgan fingerprint density at radius 2 is 2.29 bits per heavy atom. The van der Waals surface area contributed by atoms with Gasteiger partial charge < -0.3 is 20.8 Å². The number of amides is 1. The fourth-order valence-corrected chi connectivity index (χ4v) is 1.47. The molecule has 7 nitrogen and oxygen atoms in total. The van der Waals surface area contributed by atoms with Crippen LogP contribution in [0.2, 0.25) is 0 Å². The summed E-state index contributed by atoms with van der Waals surface area (Å²) in [4.78, 5) is 28.7. The number of aromatic nitrogens is 2. The van der Waals surface area contributed by atoms with Crippen LogP contribution in [-0.4, -0.2) is 28.5 Å². The number of hydrogen-bond donors (Lipinski definition) is 3. The van der Waals surface area contributed by atoms with Gasteiger partial charge in [-0.2, -0.15) is 0 Å². The van der Waals surface area contributed by atoms with Crippen molar-refractivity contribution in [1.29, 1.82) is 0 Å². The molecule has 0 aliphatic carbocycles. The summed E-state index contributed by atoms with van der Waals surface area (Å²) in [6, 6.07) is 0. The Morgan fingerprint density at radius 1 is 1.65 bits per heavy atom. The van der Waals surface area contributed by atoms with E-state index < -0.39 is 11.4 Å². The molecule has 0 aromatic carbocycles. The fraction of sp³-hybridized carbons (Fsp3) is 0.500. The summed E-state index contributed by atoms with van der Waals surface area (Å²) >= 11 is 0. The van der Waals surface area contributed by atoms with E-state index in [9.17, 15) is 9.59 Å². The van der Waals surface area contributed by atoms with Gasteiger partial charge in [0, 0.05) is 12.0 Å². The van der Waals surface area contributed by atoms with Gasteiger partial charge in [-0.15, -0.1) is 0 Å². The topological polar surface area (TPSA) is 110 Å². The number of H-pyrrole nitrogens is 1. The van der Waals surface area contributed by atoms with E-state index in [4.69, 9.17) is 10.5 Å². The number of ether oxygens (including phenoxy) is 1. The third-order valence-electron chi connectivity index (χ3n) is 2.09. The zero-order valence-electron chi connectivity index (χ0n) is 10.0. The smallest absolute Gasteiger partial charge is 0.295 e. The van der Waals surface area contributed by atoms with Crippen molar-refractivity contribution in [3.8, 4) is 5.75 Å². The van der Waals surface area contributed by atoms with Crippen molar-refractivity contribution in [2.45, 2.75) is 25.8 Å². The Balaban J connectivity index is 2.99. The predicted octanol–water partition coefficient (Wildman–Crippen LogP) is -0.156. The second-order valence-corrected chi connectivity index (χ2v) is 4.27. The minimum Gasteiger partial charge on any atom is -0.489 e. The molecule has 0 radical (unpaired) electrons. The predicted molar refractivity (Wildman–Crippen MR) is 62.9 cm³/mol.